The quantitative estimate of drug-likeness (QED) is 0.832. The van der Waals surface area contributed by atoms with Crippen LogP contribution in [0.2, 0.25) is 0 Å². The van der Waals surface area contributed by atoms with Gasteiger partial charge in [0, 0.05) is 12.7 Å². The molecule has 1 amide bonds. The lowest BCUT2D eigenvalue weighted by atomic mass is 9.98. The van der Waals surface area contributed by atoms with Gasteiger partial charge in [-0.2, -0.15) is 0 Å². The molecule has 0 unspecified atom stereocenters. The zero-order chi connectivity index (χ0) is 13.5. The van der Waals surface area contributed by atoms with E-state index < -0.39 is 11.7 Å². The van der Waals surface area contributed by atoms with Gasteiger partial charge in [-0.05, 0) is 18.9 Å². The maximum Gasteiger partial charge on any atom is 0.254 e. The summed E-state index contributed by atoms with van der Waals surface area (Å²) in [6, 6.07) is 1.37. The molecule has 19 heavy (non-hydrogen) atoms. The summed E-state index contributed by atoms with van der Waals surface area (Å²) in [5.74, 6) is -1.03. The maximum absolute atomic E-state index is 13.3. The molecule has 0 spiro atoms. The van der Waals surface area contributed by atoms with E-state index in [1.165, 1.54) is 31.5 Å². The van der Waals surface area contributed by atoms with E-state index in [9.17, 15) is 9.18 Å². The van der Waals surface area contributed by atoms with Crippen LogP contribution < -0.4 is 5.32 Å². The maximum atomic E-state index is 13.3. The van der Waals surface area contributed by atoms with Gasteiger partial charge in [0.15, 0.2) is 5.82 Å². The molecule has 1 saturated carbocycles. The highest BCUT2D eigenvalue weighted by Gasteiger charge is 2.14. The van der Waals surface area contributed by atoms with Crippen LogP contribution in [0.3, 0.4) is 0 Å². The monoisotopic (exact) mass is 266 g/mol. The van der Waals surface area contributed by atoms with Crippen LogP contribution in [0.25, 0.3) is 0 Å². The van der Waals surface area contributed by atoms with Gasteiger partial charge in [-0.3, -0.25) is 9.78 Å². The smallest absolute Gasteiger partial charge is 0.254 e. The summed E-state index contributed by atoms with van der Waals surface area (Å²) in [6.07, 6.45) is 8.70. The van der Waals surface area contributed by atoms with E-state index in [0.29, 0.717) is 19.3 Å². The van der Waals surface area contributed by atoms with Crippen molar-refractivity contribution in [2.45, 2.75) is 38.2 Å². The van der Waals surface area contributed by atoms with E-state index >= 15 is 0 Å². The van der Waals surface area contributed by atoms with E-state index in [-0.39, 0.29) is 5.56 Å². The molecular weight excluding hydrogens is 247 g/mol. The van der Waals surface area contributed by atoms with Crippen LogP contribution in [0.4, 0.5) is 4.39 Å². The van der Waals surface area contributed by atoms with Crippen LogP contribution in [0.15, 0.2) is 18.5 Å². The van der Waals surface area contributed by atoms with E-state index in [1.807, 2.05) is 0 Å². The standard InChI is InChI=1S/C14H19FN2O2/c15-13-10-16-7-6-12(13)14(18)17-8-9-19-11-4-2-1-3-5-11/h6-7,10-11H,1-5,8-9H2,(H,17,18). The number of aromatic nitrogens is 1. The summed E-state index contributed by atoms with van der Waals surface area (Å²) in [5.41, 5.74) is 0.0210. The van der Waals surface area contributed by atoms with Crippen LogP contribution in [0.1, 0.15) is 42.5 Å². The second-order valence-electron chi connectivity index (χ2n) is 4.74. The third-order valence-electron chi connectivity index (χ3n) is 3.31. The first-order valence-electron chi connectivity index (χ1n) is 6.76. The van der Waals surface area contributed by atoms with Gasteiger partial charge in [-0.25, -0.2) is 4.39 Å². The Labute approximate surface area is 112 Å². The normalized spacial score (nSPS) is 16.3. The van der Waals surface area contributed by atoms with Gasteiger partial charge in [-0.15, -0.1) is 0 Å². The molecule has 1 aliphatic carbocycles. The first kappa shape index (κ1) is 13.9. The Morgan fingerprint density at radius 2 is 2.21 bits per heavy atom. The molecule has 5 heteroatoms. The summed E-state index contributed by atoms with van der Waals surface area (Å²) in [5, 5.41) is 2.65. The molecule has 1 aliphatic rings. The SMILES string of the molecule is O=C(NCCOC1CCCCC1)c1ccncc1F. The fraction of sp³-hybridized carbons (Fsp3) is 0.571. The first-order chi connectivity index (χ1) is 9.27. The highest BCUT2D eigenvalue weighted by atomic mass is 19.1. The molecular formula is C14H19FN2O2. The Hall–Kier alpha value is -1.49. The Bertz CT molecular complexity index is 420. The Balaban J connectivity index is 1.68. The Morgan fingerprint density at radius 1 is 1.42 bits per heavy atom. The van der Waals surface area contributed by atoms with Crippen molar-refractivity contribution in [3.05, 3.63) is 29.8 Å². The topological polar surface area (TPSA) is 51.2 Å². The minimum absolute atomic E-state index is 0.0210. The molecule has 1 N–H and O–H groups in total. The highest BCUT2D eigenvalue weighted by Crippen LogP contribution is 2.19. The second kappa shape index (κ2) is 7.19. The van der Waals surface area contributed by atoms with Crippen molar-refractivity contribution in [3.8, 4) is 0 Å². The van der Waals surface area contributed by atoms with Crippen LogP contribution in [-0.4, -0.2) is 30.1 Å². The van der Waals surface area contributed by atoms with Crippen LogP contribution >= 0.6 is 0 Å². The molecule has 0 radical (unpaired) electrons. The van der Waals surface area contributed by atoms with Gasteiger partial charge < -0.3 is 10.1 Å². The molecule has 0 aromatic carbocycles. The van der Waals surface area contributed by atoms with Crippen molar-refractivity contribution in [1.82, 2.24) is 10.3 Å². The lowest BCUT2D eigenvalue weighted by Gasteiger charge is -2.21. The summed E-state index contributed by atoms with van der Waals surface area (Å²) in [7, 11) is 0. The molecule has 1 aromatic rings. The lowest BCUT2D eigenvalue weighted by molar-refractivity contribution is 0.0299. The van der Waals surface area contributed by atoms with Crippen molar-refractivity contribution in [1.29, 1.82) is 0 Å². The average molecular weight is 266 g/mol. The molecule has 1 fully saturated rings. The fourth-order valence-corrected chi connectivity index (χ4v) is 2.28. The van der Waals surface area contributed by atoms with Crippen molar-refractivity contribution in [3.63, 3.8) is 0 Å². The van der Waals surface area contributed by atoms with Crippen molar-refractivity contribution >= 4 is 5.91 Å². The number of hydrogen-bond acceptors (Lipinski definition) is 3. The number of nitrogens with zero attached hydrogens (tertiary/aromatic N) is 1. The van der Waals surface area contributed by atoms with Gasteiger partial charge in [0.05, 0.1) is 24.5 Å². The summed E-state index contributed by atoms with van der Waals surface area (Å²) in [4.78, 5) is 15.3. The average Bonchev–Trinajstić information content (AvgIpc) is 2.45. The molecule has 0 bridgehead atoms. The van der Waals surface area contributed by atoms with Crippen molar-refractivity contribution in [2.24, 2.45) is 0 Å². The minimum atomic E-state index is -0.604. The minimum Gasteiger partial charge on any atom is -0.376 e. The molecule has 1 aromatic heterocycles. The van der Waals surface area contributed by atoms with Gasteiger partial charge in [0.1, 0.15) is 0 Å². The van der Waals surface area contributed by atoms with Crippen molar-refractivity contribution in [2.75, 3.05) is 13.2 Å². The number of carbonyl (C=O) groups is 1. The van der Waals surface area contributed by atoms with E-state index in [2.05, 4.69) is 10.3 Å². The predicted molar refractivity (Wildman–Crippen MR) is 69.4 cm³/mol. The molecule has 2 rings (SSSR count). The molecule has 0 aliphatic heterocycles. The molecule has 4 nitrogen and oxygen atoms in total. The van der Waals surface area contributed by atoms with E-state index in [0.717, 1.165) is 19.0 Å². The van der Waals surface area contributed by atoms with Gasteiger partial charge in [0.25, 0.3) is 5.91 Å². The van der Waals surface area contributed by atoms with Gasteiger partial charge in [0.2, 0.25) is 0 Å². The number of hydrogen-bond donors (Lipinski definition) is 1. The number of rotatable bonds is 5. The second-order valence-corrected chi connectivity index (χ2v) is 4.74. The highest BCUT2D eigenvalue weighted by molar-refractivity contribution is 5.94. The third kappa shape index (κ3) is 4.28. The Kier molecular flexibility index (Phi) is 5.27. The van der Waals surface area contributed by atoms with Crippen LogP contribution in [-0.2, 0) is 4.74 Å². The van der Waals surface area contributed by atoms with Crippen molar-refractivity contribution < 1.29 is 13.9 Å². The van der Waals surface area contributed by atoms with E-state index in [1.54, 1.807) is 0 Å². The fourth-order valence-electron chi connectivity index (χ4n) is 2.28. The Morgan fingerprint density at radius 3 is 2.95 bits per heavy atom. The molecule has 1 heterocycles. The van der Waals surface area contributed by atoms with E-state index in [4.69, 9.17) is 4.74 Å². The van der Waals surface area contributed by atoms with Crippen LogP contribution in [0, 0.1) is 5.82 Å². The lowest BCUT2D eigenvalue weighted by Crippen LogP contribution is -2.30. The predicted octanol–water partition coefficient (Wildman–Crippen LogP) is 2.30. The molecule has 0 atom stereocenters. The van der Waals surface area contributed by atoms with Crippen LogP contribution in [0.5, 0.6) is 0 Å². The zero-order valence-corrected chi connectivity index (χ0v) is 10.9. The number of halogens is 1. The van der Waals surface area contributed by atoms with Gasteiger partial charge in [-0.1, -0.05) is 19.3 Å². The van der Waals surface area contributed by atoms with Gasteiger partial charge >= 0.3 is 0 Å². The molecule has 0 saturated heterocycles. The number of amides is 1. The molecule has 104 valence electrons. The number of nitrogens with one attached hydrogen (secondary N) is 1. The zero-order valence-electron chi connectivity index (χ0n) is 10.9. The number of pyridine rings is 1. The summed E-state index contributed by atoms with van der Waals surface area (Å²) >= 11 is 0. The first-order valence-corrected chi connectivity index (χ1v) is 6.76. The number of ether oxygens (including phenoxy) is 1. The summed E-state index contributed by atoms with van der Waals surface area (Å²) in [6.45, 7) is 0.875. The largest absolute Gasteiger partial charge is 0.376 e. The third-order valence-corrected chi connectivity index (χ3v) is 3.31. The number of carbonyl (C=O) groups excluding carboxylic acids is 1. The summed E-state index contributed by atoms with van der Waals surface area (Å²) < 4.78 is 19.0.